The van der Waals surface area contributed by atoms with Gasteiger partial charge in [-0.2, -0.15) is 0 Å². The van der Waals surface area contributed by atoms with E-state index in [1.54, 1.807) is 11.3 Å². The zero-order valence-electron chi connectivity index (χ0n) is 7.47. The Labute approximate surface area is 99.3 Å². The normalized spacial score (nSPS) is 12.7. The number of halogens is 2. The molecule has 0 fully saturated rings. The van der Waals surface area contributed by atoms with E-state index in [-0.39, 0.29) is 6.04 Å². The Hall–Kier alpha value is 0.360. The van der Waals surface area contributed by atoms with Crippen LogP contribution in [0.2, 0.25) is 0 Å². The molecular formula is C9H11Br2NS. The molecule has 72 valence electrons. The summed E-state index contributed by atoms with van der Waals surface area (Å²) >= 11 is 8.55. The van der Waals surface area contributed by atoms with E-state index in [2.05, 4.69) is 57.8 Å². The highest BCUT2D eigenvalue weighted by Gasteiger charge is 2.09. The molecule has 0 amide bonds. The van der Waals surface area contributed by atoms with Crippen molar-refractivity contribution in [1.82, 2.24) is 0 Å². The van der Waals surface area contributed by atoms with Crippen LogP contribution in [0.3, 0.4) is 0 Å². The molecule has 0 bridgehead atoms. The second-order valence-electron chi connectivity index (χ2n) is 3.04. The highest BCUT2D eigenvalue weighted by molar-refractivity contribution is 9.13. The van der Waals surface area contributed by atoms with Crippen molar-refractivity contribution in [2.75, 3.05) is 0 Å². The minimum Gasteiger partial charge on any atom is -0.320 e. The van der Waals surface area contributed by atoms with Crippen molar-refractivity contribution in [3.8, 4) is 0 Å². The van der Waals surface area contributed by atoms with Crippen molar-refractivity contribution < 1.29 is 0 Å². The Kier molecular flexibility index (Phi) is 4.16. The quantitative estimate of drug-likeness (QED) is 0.809. The summed E-state index contributed by atoms with van der Waals surface area (Å²) < 4.78 is 2.17. The van der Waals surface area contributed by atoms with Crippen LogP contribution in [-0.2, 0) is 0 Å². The molecule has 1 atom stereocenters. The van der Waals surface area contributed by atoms with E-state index in [0.29, 0.717) is 0 Å². The first-order chi connectivity index (χ1) is 6.00. The van der Waals surface area contributed by atoms with Gasteiger partial charge in [-0.1, -0.05) is 11.6 Å². The first-order valence-electron chi connectivity index (χ1n) is 3.86. The highest BCUT2D eigenvalue weighted by atomic mass is 79.9. The first kappa shape index (κ1) is 11.4. The van der Waals surface area contributed by atoms with Crippen molar-refractivity contribution in [2.45, 2.75) is 19.9 Å². The van der Waals surface area contributed by atoms with Crippen LogP contribution in [0.25, 0.3) is 0 Å². The number of hydrogen-bond donors (Lipinski definition) is 1. The summed E-state index contributed by atoms with van der Waals surface area (Å²) in [4.78, 5) is 1.17. The molecule has 1 aromatic rings. The summed E-state index contributed by atoms with van der Waals surface area (Å²) in [6, 6.07) is 2.07. The van der Waals surface area contributed by atoms with E-state index in [9.17, 15) is 0 Å². The van der Waals surface area contributed by atoms with Crippen molar-refractivity contribution in [1.29, 1.82) is 0 Å². The topological polar surface area (TPSA) is 26.0 Å². The molecule has 1 unspecified atom stereocenters. The van der Waals surface area contributed by atoms with Crippen molar-refractivity contribution in [3.63, 3.8) is 0 Å². The van der Waals surface area contributed by atoms with Gasteiger partial charge >= 0.3 is 0 Å². The first-order valence-corrected chi connectivity index (χ1v) is 6.26. The standard InChI is InChI=1S/C9H11Br2NS/c1-5(2)3-7(12)8-4-6(10)9(11)13-8/h3-4,7H,12H2,1-2H3. The number of allylic oxidation sites excluding steroid dienone is 1. The summed E-state index contributed by atoms with van der Waals surface area (Å²) in [6.07, 6.45) is 2.06. The summed E-state index contributed by atoms with van der Waals surface area (Å²) in [7, 11) is 0. The fraction of sp³-hybridized carbons (Fsp3) is 0.333. The van der Waals surface area contributed by atoms with Crippen LogP contribution in [0.1, 0.15) is 24.8 Å². The second kappa shape index (κ2) is 4.73. The molecule has 1 rings (SSSR count). The van der Waals surface area contributed by atoms with E-state index in [0.717, 1.165) is 8.26 Å². The van der Waals surface area contributed by atoms with E-state index in [1.807, 2.05) is 0 Å². The van der Waals surface area contributed by atoms with Crippen LogP contribution >= 0.6 is 43.2 Å². The fourth-order valence-corrected chi connectivity index (χ4v) is 3.03. The third-order valence-corrected chi connectivity index (χ3v) is 4.86. The predicted molar refractivity (Wildman–Crippen MR) is 66.1 cm³/mol. The maximum absolute atomic E-state index is 5.97. The Morgan fingerprint density at radius 1 is 1.54 bits per heavy atom. The monoisotopic (exact) mass is 323 g/mol. The van der Waals surface area contributed by atoms with Gasteiger partial charge in [-0.25, -0.2) is 0 Å². The Bertz CT molecular complexity index is 307. The zero-order chi connectivity index (χ0) is 10.0. The molecule has 2 N–H and O–H groups in total. The average molecular weight is 325 g/mol. The molecule has 1 aromatic heterocycles. The molecular weight excluding hydrogens is 314 g/mol. The summed E-state index contributed by atoms with van der Waals surface area (Å²) in [5, 5.41) is 0. The third kappa shape index (κ3) is 3.20. The number of nitrogens with two attached hydrogens (primary N) is 1. The van der Waals surface area contributed by atoms with Crippen LogP contribution in [0.15, 0.2) is 26.0 Å². The molecule has 0 saturated heterocycles. The molecule has 4 heteroatoms. The van der Waals surface area contributed by atoms with Gasteiger partial charge in [0.1, 0.15) is 0 Å². The van der Waals surface area contributed by atoms with Gasteiger partial charge in [0.15, 0.2) is 0 Å². The minimum atomic E-state index is 0.0117. The molecule has 0 saturated carbocycles. The number of hydrogen-bond acceptors (Lipinski definition) is 2. The van der Waals surface area contributed by atoms with E-state index in [4.69, 9.17) is 5.73 Å². The van der Waals surface area contributed by atoms with Crippen molar-refractivity contribution >= 4 is 43.2 Å². The second-order valence-corrected chi connectivity index (χ2v) is 6.30. The van der Waals surface area contributed by atoms with E-state index in [1.165, 1.54) is 10.5 Å². The van der Waals surface area contributed by atoms with E-state index >= 15 is 0 Å². The third-order valence-electron chi connectivity index (χ3n) is 1.51. The van der Waals surface area contributed by atoms with Crippen molar-refractivity contribution in [3.05, 3.63) is 30.9 Å². The lowest BCUT2D eigenvalue weighted by molar-refractivity contribution is 0.922. The van der Waals surface area contributed by atoms with E-state index < -0.39 is 0 Å². The molecule has 0 aliphatic rings. The fourth-order valence-electron chi connectivity index (χ4n) is 0.969. The Morgan fingerprint density at radius 3 is 2.54 bits per heavy atom. The van der Waals surface area contributed by atoms with Gasteiger partial charge in [-0.15, -0.1) is 11.3 Å². The molecule has 0 radical (unpaired) electrons. The molecule has 0 aliphatic heterocycles. The molecule has 0 spiro atoms. The van der Waals surface area contributed by atoms with Crippen LogP contribution in [-0.4, -0.2) is 0 Å². The summed E-state index contributed by atoms with van der Waals surface area (Å²) in [5.41, 5.74) is 7.21. The van der Waals surface area contributed by atoms with Gasteiger partial charge < -0.3 is 5.73 Å². The van der Waals surface area contributed by atoms with Crippen LogP contribution in [0.4, 0.5) is 0 Å². The van der Waals surface area contributed by atoms with Gasteiger partial charge in [0, 0.05) is 9.35 Å². The average Bonchev–Trinajstić information content (AvgIpc) is 2.31. The highest BCUT2D eigenvalue weighted by Crippen LogP contribution is 2.35. The molecule has 0 aliphatic carbocycles. The number of rotatable bonds is 2. The lowest BCUT2D eigenvalue weighted by atomic mass is 10.2. The Balaban J connectivity index is 2.89. The Morgan fingerprint density at radius 2 is 2.15 bits per heavy atom. The smallest absolute Gasteiger partial charge is 0.0843 e. The van der Waals surface area contributed by atoms with Gasteiger partial charge in [-0.05, 0) is 51.8 Å². The summed E-state index contributed by atoms with van der Waals surface area (Å²) in [6.45, 7) is 4.11. The molecule has 1 nitrogen and oxygen atoms in total. The van der Waals surface area contributed by atoms with Crippen molar-refractivity contribution in [2.24, 2.45) is 5.73 Å². The molecule has 1 heterocycles. The zero-order valence-corrected chi connectivity index (χ0v) is 11.5. The van der Waals surface area contributed by atoms with Gasteiger partial charge in [0.25, 0.3) is 0 Å². The van der Waals surface area contributed by atoms with Gasteiger partial charge in [0.05, 0.1) is 9.83 Å². The maximum Gasteiger partial charge on any atom is 0.0843 e. The molecule has 0 aromatic carbocycles. The lowest BCUT2D eigenvalue weighted by Gasteiger charge is -2.02. The summed E-state index contributed by atoms with van der Waals surface area (Å²) in [5.74, 6) is 0. The minimum absolute atomic E-state index is 0.0117. The largest absolute Gasteiger partial charge is 0.320 e. The molecule has 13 heavy (non-hydrogen) atoms. The van der Waals surface area contributed by atoms with Crippen LogP contribution in [0.5, 0.6) is 0 Å². The van der Waals surface area contributed by atoms with Crippen LogP contribution in [0, 0.1) is 0 Å². The number of thiophene rings is 1. The SMILES string of the molecule is CC(C)=CC(N)c1cc(Br)c(Br)s1. The predicted octanol–water partition coefficient (Wildman–Crippen LogP) is 4.24. The van der Waals surface area contributed by atoms with Crippen LogP contribution < -0.4 is 5.73 Å². The van der Waals surface area contributed by atoms with Gasteiger partial charge in [0.2, 0.25) is 0 Å². The van der Waals surface area contributed by atoms with Gasteiger partial charge in [-0.3, -0.25) is 0 Å². The lowest BCUT2D eigenvalue weighted by Crippen LogP contribution is -2.04. The maximum atomic E-state index is 5.97.